The number of oxime groups is 1. The molecule has 0 amide bonds. The standard InChI is InChI=1S/C25H41N3O3/c1-24-11-9-21(20-7-6-8-23(17-20)30-15-13-27(2)3)18-25(24,29)12-10-22(24)19-26-31-16-14-28(4)5/h6-8,17,19,21-22,29H,9-16,18H2,1-5H3/t21-,22+,24+,25-/m0/s1. The van der Waals surface area contributed by atoms with Crippen molar-refractivity contribution in [3.05, 3.63) is 29.8 Å². The van der Waals surface area contributed by atoms with Gasteiger partial charge >= 0.3 is 0 Å². The average molecular weight is 432 g/mol. The molecular formula is C25H41N3O3. The highest BCUT2D eigenvalue weighted by atomic mass is 16.6. The van der Waals surface area contributed by atoms with Gasteiger partial charge in [0.1, 0.15) is 19.0 Å². The maximum Gasteiger partial charge on any atom is 0.129 e. The lowest BCUT2D eigenvalue weighted by Crippen LogP contribution is -2.49. The molecule has 2 aliphatic rings. The highest BCUT2D eigenvalue weighted by Crippen LogP contribution is 2.60. The monoisotopic (exact) mass is 431 g/mol. The van der Waals surface area contributed by atoms with Crippen molar-refractivity contribution in [3.8, 4) is 5.75 Å². The second kappa shape index (κ2) is 10.3. The van der Waals surface area contributed by atoms with Crippen LogP contribution >= 0.6 is 0 Å². The fourth-order valence-corrected chi connectivity index (χ4v) is 5.20. The molecule has 0 aromatic heterocycles. The first kappa shape index (κ1) is 24.0. The summed E-state index contributed by atoms with van der Waals surface area (Å²) >= 11 is 0. The van der Waals surface area contributed by atoms with Crippen LogP contribution in [0.5, 0.6) is 5.75 Å². The van der Waals surface area contributed by atoms with E-state index in [0.29, 0.717) is 19.1 Å². The summed E-state index contributed by atoms with van der Waals surface area (Å²) in [5.41, 5.74) is 0.484. The van der Waals surface area contributed by atoms with Crippen molar-refractivity contribution in [2.24, 2.45) is 16.5 Å². The molecule has 174 valence electrons. The van der Waals surface area contributed by atoms with Gasteiger partial charge in [0.15, 0.2) is 0 Å². The molecule has 0 spiro atoms. The molecule has 0 radical (unpaired) electrons. The molecule has 31 heavy (non-hydrogen) atoms. The molecular weight excluding hydrogens is 390 g/mol. The number of aliphatic hydroxyl groups is 1. The Hall–Kier alpha value is -1.63. The molecule has 1 aromatic rings. The highest BCUT2D eigenvalue weighted by Gasteiger charge is 2.58. The normalized spacial score (nSPS) is 30.8. The van der Waals surface area contributed by atoms with E-state index in [9.17, 15) is 5.11 Å². The number of fused-ring (bicyclic) bond motifs is 1. The fraction of sp³-hybridized carbons (Fsp3) is 0.720. The van der Waals surface area contributed by atoms with Gasteiger partial charge in [-0.1, -0.05) is 24.2 Å². The zero-order chi connectivity index (χ0) is 22.5. The Labute approximate surface area is 188 Å². The van der Waals surface area contributed by atoms with Crippen LogP contribution in [0.15, 0.2) is 29.4 Å². The van der Waals surface area contributed by atoms with Crippen LogP contribution in [-0.4, -0.2) is 81.2 Å². The van der Waals surface area contributed by atoms with Gasteiger partial charge < -0.3 is 24.5 Å². The minimum absolute atomic E-state index is 0.141. The summed E-state index contributed by atoms with van der Waals surface area (Å²) in [4.78, 5) is 9.64. The van der Waals surface area contributed by atoms with Crippen molar-refractivity contribution in [3.63, 3.8) is 0 Å². The van der Waals surface area contributed by atoms with Crippen molar-refractivity contribution >= 4 is 6.21 Å². The van der Waals surface area contributed by atoms with Gasteiger partial charge in [0, 0.05) is 30.6 Å². The van der Waals surface area contributed by atoms with Crippen molar-refractivity contribution in [1.82, 2.24) is 9.80 Å². The number of ether oxygens (including phenoxy) is 1. The first-order valence-corrected chi connectivity index (χ1v) is 11.6. The topological polar surface area (TPSA) is 57.5 Å². The number of likely N-dealkylation sites (N-methyl/N-ethyl adjacent to an activating group) is 2. The van der Waals surface area contributed by atoms with Crippen LogP contribution in [0.1, 0.15) is 50.5 Å². The van der Waals surface area contributed by atoms with E-state index < -0.39 is 5.60 Å². The molecule has 1 N–H and O–H groups in total. The van der Waals surface area contributed by atoms with Crippen LogP contribution < -0.4 is 4.74 Å². The second-order valence-electron chi connectivity index (χ2n) is 10.1. The van der Waals surface area contributed by atoms with Gasteiger partial charge in [0.05, 0.1) is 5.60 Å². The Morgan fingerprint density at radius 3 is 2.58 bits per heavy atom. The summed E-state index contributed by atoms with van der Waals surface area (Å²) < 4.78 is 5.94. The van der Waals surface area contributed by atoms with Crippen LogP contribution in [0.25, 0.3) is 0 Å². The van der Waals surface area contributed by atoms with Gasteiger partial charge in [-0.2, -0.15) is 0 Å². The summed E-state index contributed by atoms with van der Waals surface area (Å²) in [5, 5.41) is 15.9. The Balaban J connectivity index is 1.61. The smallest absolute Gasteiger partial charge is 0.129 e. The van der Waals surface area contributed by atoms with Crippen molar-refractivity contribution < 1.29 is 14.7 Å². The second-order valence-corrected chi connectivity index (χ2v) is 10.1. The summed E-state index contributed by atoms with van der Waals surface area (Å²) in [5.74, 6) is 1.55. The third kappa shape index (κ3) is 5.79. The largest absolute Gasteiger partial charge is 0.492 e. The van der Waals surface area contributed by atoms with E-state index >= 15 is 0 Å². The lowest BCUT2D eigenvalue weighted by molar-refractivity contribution is -0.0959. The molecule has 0 saturated heterocycles. The quantitative estimate of drug-likeness (QED) is 0.348. The molecule has 1 aromatic carbocycles. The Morgan fingerprint density at radius 2 is 1.84 bits per heavy atom. The zero-order valence-corrected chi connectivity index (χ0v) is 20.0. The van der Waals surface area contributed by atoms with E-state index in [1.807, 2.05) is 26.4 Å². The number of hydrogen-bond acceptors (Lipinski definition) is 6. The van der Waals surface area contributed by atoms with Gasteiger partial charge in [0.2, 0.25) is 0 Å². The van der Waals surface area contributed by atoms with E-state index in [-0.39, 0.29) is 11.3 Å². The summed E-state index contributed by atoms with van der Waals surface area (Å²) in [6, 6.07) is 8.45. The Kier molecular flexibility index (Phi) is 8.00. The van der Waals surface area contributed by atoms with E-state index in [2.05, 4.69) is 54.2 Å². The summed E-state index contributed by atoms with van der Waals surface area (Å²) in [6.07, 6.45) is 6.62. The summed E-state index contributed by atoms with van der Waals surface area (Å²) in [6.45, 7) is 5.26. The van der Waals surface area contributed by atoms with Crippen LogP contribution in [0.4, 0.5) is 0 Å². The van der Waals surface area contributed by atoms with Crippen LogP contribution in [0.3, 0.4) is 0 Å². The van der Waals surface area contributed by atoms with Crippen LogP contribution in [-0.2, 0) is 4.84 Å². The molecule has 2 aliphatic carbocycles. The molecule has 0 bridgehead atoms. The predicted molar refractivity (Wildman–Crippen MR) is 126 cm³/mol. The summed E-state index contributed by atoms with van der Waals surface area (Å²) in [7, 11) is 8.15. The van der Waals surface area contributed by atoms with Crippen molar-refractivity contribution in [2.45, 2.75) is 50.5 Å². The SMILES string of the molecule is CN(C)CCON=C[C@H]1CC[C@]2(O)C[C@@H](c3cccc(OCCN(C)C)c3)CC[C@]12C. The first-order valence-electron chi connectivity index (χ1n) is 11.6. The molecule has 0 heterocycles. The van der Waals surface area contributed by atoms with Gasteiger partial charge in [-0.15, -0.1) is 0 Å². The van der Waals surface area contributed by atoms with Crippen LogP contribution in [0, 0.1) is 11.3 Å². The number of nitrogens with zero attached hydrogens (tertiary/aromatic N) is 3. The van der Waals surface area contributed by atoms with E-state index in [1.54, 1.807) is 0 Å². The lowest BCUT2D eigenvalue weighted by atomic mass is 9.59. The fourth-order valence-electron chi connectivity index (χ4n) is 5.20. The maximum atomic E-state index is 11.7. The van der Waals surface area contributed by atoms with Gasteiger partial charge in [-0.3, -0.25) is 0 Å². The van der Waals surface area contributed by atoms with Gasteiger partial charge in [0.25, 0.3) is 0 Å². The number of rotatable bonds is 10. The molecule has 6 nitrogen and oxygen atoms in total. The average Bonchev–Trinajstić information content (AvgIpc) is 2.98. The first-order chi connectivity index (χ1) is 14.7. The molecule has 2 fully saturated rings. The Bertz CT molecular complexity index is 738. The van der Waals surface area contributed by atoms with E-state index in [4.69, 9.17) is 9.57 Å². The molecule has 0 aliphatic heterocycles. The number of hydrogen-bond donors (Lipinski definition) is 1. The third-order valence-corrected chi connectivity index (χ3v) is 7.43. The van der Waals surface area contributed by atoms with Crippen molar-refractivity contribution in [2.75, 3.05) is 54.5 Å². The third-order valence-electron chi connectivity index (χ3n) is 7.43. The predicted octanol–water partition coefficient (Wildman–Crippen LogP) is 3.61. The highest BCUT2D eigenvalue weighted by molar-refractivity contribution is 5.62. The van der Waals surface area contributed by atoms with E-state index in [0.717, 1.165) is 50.9 Å². The Morgan fingerprint density at radius 1 is 1.10 bits per heavy atom. The van der Waals surface area contributed by atoms with Gasteiger partial charge in [-0.05, 0) is 83.9 Å². The molecule has 0 unspecified atom stereocenters. The molecule has 2 saturated carbocycles. The molecule has 4 atom stereocenters. The maximum absolute atomic E-state index is 11.7. The van der Waals surface area contributed by atoms with Crippen LogP contribution in [0.2, 0.25) is 0 Å². The van der Waals surface area contributed by atoms with Crippen molar-refractivity contribution in [1.29, 1.82) is 0 Å². The minimum atomic E-state index is -0.655. The lowest BCUT2D eigenvalue weighted by Gasteiger charge is -2.48. The van der Waals surface area contributed by atoms with Gasteiger partial charge in [-0.25, -0.2) is 0 Å². The van der Waals surface area contributed by atoms with E-state index in [1.165, 1.54) is 5.56 Å². The number of benzene rings is 1. The minimum Gasteiger partial charge on any atom is -0.492 e. The molecule has 3 rings (SSSR count). The molecule has 6 heteroatoms. The zero-order valence-electron chi connectivity index (χ0n) is 20.0.